The molecule has 0 fully saturated rings. The summed E-state index contributed by atoms with van der Waals surface area (Å²) in [5.74, 6) is 0.642. The van der Waals surface area contributed by atoms with E-state index in [1.54, 1.807) is 42.2 Å². The van der Waals surface area contributed by atoms with Gasteiger partial charge >= 0.3 is 6.18 Å². The Morgan fingerprint density at radius 2 is 1.88 bits per heavy atom. The van der Waals surface area contributed by atoms with E-state index < -0.39 is 18.4 Å². The number of alkyl halides is 3. The zero-order valence-corrected chi connectivity index (χ0v) is 17.5. The topological polar surface area (TPSA) is 87.9 Å². The van der Waals surface area contributed by atoms with Crippen LogP contribution in [-0.4, -0.2) is 43.1 Å². The molecule has 0 bridgehead atoms. The minimum atomic E-state index is -4.74. The van der Waals surface area contributed by atoms with Crippen molar-refractivity contribution in [3.63, 3.8) is 0 Å². The van der Waals surface area contributed by atoms with Gasteiger partial charge in [0.15, 0.2) is 0 Å². The third kappa shape index (κ3) is 4.51. The average Bonchev–Trinajstić information content (AvgIpc) is 3.21. The van der Waals surface area contributed by atoms with E-state index in [-0.39, 0.29) is 12.0 Å². The molecule has 2 aromatic heterocycles. The minimum absolute atomic E-state index is 0.00466. The van der Waals surface area contributed by atoms with Crippen molar-refractivity contribution in [3.8, 4) is 5.82 Å². The summed E-state index contributed by atoms with van der Waals surface area (Å²) in [6.07, 6.45) is -0.849. The van der Waals surface area contributed by atoms with Crippen molar-refractivity contribution < 1.29 is 18.3 Å². The summed E-state index contributed by atoms with van der Waals surface area (Å²) in [5.41, 5.74) is 2.43. The van der Waals surface area contributed by atoms with Gasteiger partial charge in [0.25, 0.3) is 0 Å². The molecule has 0 saturated heterocycles. The van der Waals surface area contributed by atoms with Crippen molar-refractivity contribution in [2.24, 2.45) is 0 Å². The molecule has 3 unspecified atom stereocenters. The lowest BCUT2D eigenvalue weighted by molar-refractivity contribution is -0.215. The first-order valence-corrected chi connectivity index (χ1v) is 10.1. The van der Waals surface area contributed by atoms with Gasteiger partial charge < -0.3 is 10.4 Å². The van der Waals surface area contributed by atoms with Gasteiger partial charge in [0.2, 0.25) is 12.2 Å². The minimum Gasteiger partial charge on any atom is -0.370 e. The summed E-state index contributed by atoms with van der Waals surface area (Å²) in [5, 5.41) is 14.8. The Kier molecular flexibility index (Phi) is 5.98. The Morgan fingerprint density at radius 3 is 2.59 bits per heavy atom. The predicted molar refractivity (Wildman–Crippen MR) is 114 cm³/mol. The number of fused-ring (bicyclic) bond motifs is 1. The maximum Gasteiger partial charge on any atom is 0.427 e. The smallest absolute Gasteiger partial charge is 0.370 e. The van der Waals surface area contributed by atoms with E-state index in [0.717, 1.165) is 11.3 Å². The van der Waals surface area contributed by atoms with E-state index in [1.807, 2.05) is 37.3 Å². The van der Waals surface area contributed by atoms with Crippen molar-refractivity contribution in [2.75, 3.05) is 5.32 Å². The number of anilines is 1. The summed E-state index contributed by atoms with van der Waals surface area (Å²) >= 11 is 0. The van der Waals surface area contributed by atoms with Crippen LogP contribution in [0.25, 0.3) is 11.9 Å². The number of halogens is 3. The number of rotatable bonds is 6. The molecule has 1 aliphatic rings. The van der Waals surface area contributed by atoms with Crippen LogP contribution < -0.4 is 10.6 Å². The Labute approximate surface area is 183 Å². The third-order valence-corrected chi connectivity index (χ3v) is 5.46. The number of nitrogens with zero attached hydrogens (tertiary/aromatic N) is 4. The van der Waals surface area contributed by atoms with Crippen LogP contribution >= 0.6 is 0 Å². The largest absolute Gasteiger partial charge is 0.427 e. The molecule has 0 saturated carbocycles. The van der Waals surface area contributed by atoms with Gasteiger partial charge in [-0.1, -0.05) is 43.3 Å². The quantitative estimate of drug-likeness (QED) is 0.502. The predicted octanol–water partition coefficient (Wildman–Crippen LogP) is 3.80. The lowest BCUT2D eigenvalue weighted by atomic mass is 9.91. The molecule has 0 amide bonds. The third-order valence-electron chi connectivity index (χ3n) is 5.46. The molecular formula is C22H23F3N6O. The molecule has 0 spiro atoms. The molecule has 32 heavy (non-hydrogen) atoms. The lowest BCUT2D eigenvalue weighted by Crippen LogP contribution is -2.48. The molecule has 0 radical (unpaired) electrons. The monoisotopic (exact) mass is 444 g/mol. The van der Waals surface area contributed by atoms with Crippen LogP contribution in [0.3, 0.4) is 0 Å². The molecule has 2 heterocycles. The van der Waals surface area contributed by atoms with Crippen LogP contribution in [0, 0.1) is 0 Å². The summed E-state index contributed by atoms with van der Waals surface area (Å²) in [6.45, 7) is 3.77. The van der Waals surface area contributed by atoms with Crippen molar-refractivity contribution in [2.45, 2.75) is 44.3 Å². The highest BCUT2D eigenvalue weighted by molar-refractivity contribution is 5.57. The molecule has 4 atom stereocenters. The van der Waals surface area contributed by atoms with Gasteiger partial charge in [-0.2, -0.15) is 18.2 Å². The number of imidazole rings is 1. The van der Waals surface area contributed by atoms with E-state index in [1.165, 1.54) is 0 Å². The Hall–Kier alpha value is -3.24. The van der Waals surface area contributed by atoms with Gasteiger partial charge in [0.05, 0.1) is 17.4 Å². The van der Waals surface area contributed by atoms with E-state index >= 15 is 0 Å². The SMILES string of the molecule is CC1c2ncn(-c3ccnc(N[C@@H](C)c4ccccc4)n3)c2C=CC1NC(O)C(F)(F)F. The second-order valence-electron chi connectivity index (χ2n) is 7.68. The molecule has 3 N–H and O–H groups in total. The molecular weight excluding hydrogens is 421 g/mol. The van der Waals surface area contributed by atoms with Gasteiger partial charge in [0.1, 0.15) is 12.1 Å². The molecule has 3 aromatic rings. The first kappa shape index (κ1) is 22.0. The van der Waals surface area contributed by atoms with Crippen molar-refractivity contribution >= 4 is 12.0 Å². The van der Waals surface area contributed by atoms with E-state index in [2.05, 4.69) is 25.6 Å². The van der Waals surface area contributed by atoms with Gasteiger partial charge in [-0.05, 0) is 24.6 Å². The standard InChI is InChI=1S/C22H23F3N6O/c1-13-16(29-20(32)22(23,24)25)8-9-17-19(13)27-12-31(17)18-10-11-26-21(30-18)28-14(2)15-6-4-3-5-7-15/h3-14,16,20,29,32H,1-2H3,(H,26,28,30)/t13?,14-,16?,20?/m0/s1. The van der Waals surface area contributed by atoms with Gasteiger partial charge in [0, 0.05) is 18.2 Å². The number of aromatic nitrogens is 4. The van der Waals surface area contributed by atoms with Gasteiger partial charge in [-0.15, -0.1) is 0 Å². The fraction of sp³-hybridized carbons (Fsp3) is 0.318. The van der Waals surface area contributed by atoms with Gasteiger partial charge in [-0.25, -0.2) is 9.97 Å². The highest BCUT2D eigenvalue weighted by Gasteiger charge is 2.40. The molecule has 10 heteroatoms. The van der Waals surface area contributed by atoms with Gasteiger partial charge in [-0.3, -0.25) is 9.88 Å². The van der Waals surface area contributed by atoms with Crippen LogP contribution in [0.2, 0.25) is 0 Å². The average molecular weight is 444 g/mol. The highest BCUT2D eigenvalue weighted by atomic mass is 19.4. The first-order valence-electron chi connectivity index (χ1n) is 10.1. The normalized spacial score (nSPS) is 19.9. The fourth-order valence-electron chi connectivity index (χ4n) is 3.65. The van der Waals surface area contributed by atoms with Crippen molar-refractivity contribution in [3.05, 3.63) is 71.9 Å². The number of nitrogens with one attached hydrogen (secondary N) is 2. The Morgan fingerprint density at radius 1 is 1.12 bits per heavy atom. The molecule has 4 rings (SSSR count). The summed E-state index contributed by atoms with van der Waals surface area (Å²) in [6, 6.07) is 10.9. The second-order valence-corrected chi connectivity index (χ2v) is 7.68. The number of hydrogen-bond donors (Lipinski definition) is 3. The van der Waals surface area contributed by atoms with Crippen LogP contribution in [0.5, 0.6) is 0 Å². The number of aliphatic hydroxyl groups excluding tert-OH is 1. The van der Waals surface area contributed by atoms with Crippen LogP contribution in [0.4, 0.5) is 19.1 Å². The maximum atomic E-state index is 12.7. The van der Waals surface area contributed by atoms with Crippen LogP contribution in [0.15, 0.2) is 55.0 Å². The zero-order valence-electron chi connectivity index (χ0n) is 17.5. The lowest BCUT2D eigenvalue weighted by Gasteiger charge is -2.28. The molecule has 168 valence electrons. The Balaban J connectivity index is 1.54. The zero-order chi connectivity index (χ0) is 22.9. The number of aliphatic hydroxyl groups is 1. The number of benzene rings is 1. The van der Waals surface area contributed by atoms with Crippen molar-refractivity contribution in [1.82, 2.24) is 24.8 Å². The Bertz CT molecular complexity index is 1100. The summed E-state index contributed by atoms with van der Waals surface area (Å²) in [4.78, 5) is 13.3. The molecule has 1 aliphatic carbocycles. The van der Waals surface area contributed by atoms with E-state index in [0.29, 0.717) is 17.5 Å². The van der Waals surface area contributed by atoms with Crippen LogP contribution in [-0.2, 0) is 0 Å². The first-order chi connectivity index (χ1) is 15.2. The molecule has 0 aliphatic heterocycles. The summed E-state index contributed by atoms with van der Waals surface area (Å²) < 4.78 is 39.9. The molecule has 1 aromatic carbocycles. The van der Waals surface area contributed by atoms with E-state index in [4.69, 9.17) is 0 Å². The fourth-order valence-corrected chi connectivity index (χ4v) is 3.65. The molecule has 7 nitrogen and oxygen atoms in total. The second kappa shape index (κ2) is 8.71. The highest BCUT2D eigenvalue weighted by Crippen LogP contribution is 2.31. The van der Waals surface area contributed by atoms with E-state index in [9.17, 15) is 18.3 Å². The maximum absolute atomic E-state index is 12.7. The van der Waals surface area contributed by atoms with Crippen LogP contribution in [0.1, 0.15) is 42.8 Å². The summed E-state index contributed by atoms with van der Waals surface area (Å²) in [7, 11) is 0. The number of hydrogen-bond acceptors (Lipinski definition) is 6. The van der Waals surface area contributed by atoms with Crippen molar-refractivity contribution in [1.29, 1.82) is 0 Å².